The summed E-state index contributed by atoms with van der Waals surface area (Å²) in [5.41, 5.74) is 6.74. The van der Waals surface area contributed by atoms with Crippen LogP contribution in [-0.2, 0) is 11.0 Å². The van der Waals surface area contributed by atoms with Gasteiger partial charge in [0.25, 0.3) is 11.8 Å². The van der Waals surface area contributed by atoms with Gasteiger partial charge in [-0.1, -0.05) is 68.4 Å². The maximum Gasteiger partial charge on any atom is 0.416 e. The number of rotatable bonds is 5. The van der Waals surface area contributed by atoms with E-state index in [0.29, 0.717) is 22.7 Å². The van der Waals surface area contributed by atoms with Gasteiger partial charge in [-0.05, 0) is 42.8 Å². The summed E-state index contributed by atoms with van der Waals surface area (Å²) in [6.07, 6.45) is -3.25. The highest BCUT2D eigenvalue weighted by Gasteiger charge is 2.44. The lowest BCUT2D eigenvalue weighted by Crippen LogP contribution is -2.58. The number of alkyl halides is 3. The van der Waals surface area contributed by atoms with Gasteiger partial charge in [0.1, 0.15) is 11.9 Å². The Hall–Kier alpha value is -4.40. The van der Waals surface area contributed by atoms with Gasteiger partial charge < -0.3 is 11.1 Å². The van der Waals surface area contributed by atoms with E-state index in [1.807, 2.05) is 38.1 Å². The summed E-state index contributed by atoms with van der Waals surface area (Å²) >= 11 is 0. The quantitative estimate of drug-likeness (QED) is 0.416. The summed E-state index contributed by atoms with van der Waals surface area (Å²) in [6, 6.07) is 21.0. The number of piperidine rings is 1. The Labute approximate surface area is 226 Å². The van der Waals surface area contributed by atoms with Crippen LogP contribution >= 0.6 is 0 Å². The number of likely N-dealkylation sites (N-methyl/N-ethyl adjacent to an activating group) is 1. The Balaban J connectivity index is 0.00000205. The third kappa shape index (κ3) is 6.54. The van der Waals surface area contributed by atoms with Crippen LogP contribution in [0.2, 0.25) is 0 Å². The number of amidine groups is 1. The molecule has 0 radical (unpaired) electrons. The number of amides is 2. The smallest absolute Gasteiger partial charge is 0.404 e. The Morgan fingerprint density at radius 3 is 2.18 bits per heavy atom. The van der Waals surface area contributed by atoms with Crippen molar-refractivity contribution in [1.82, 2.24) is 10.2 Å². The van der Waals surface area contributed by atoms with Gasteiger partial charge >= 0.3 is 6.18 Å². The molecule has 2 atom stereocenters. The molecule has 0 aliphatic carbocycles. The zero-order valence-electron chi connectivity index (χ0n) is 21.9. The summed E-state index contributed by atoms with van der Waals surface area (Å²) in [5.74, 6) is -1.63. The maximum atomic E-state index is 13.8. The van der Waals surface area contributed by atoms with Gasteiger partial charge in [0.2, 0.25) is 0 Å². The summed E-state index contributed by atoms with van der Waals surface area (Å²) in [4.78, 5) is 33.0. The molecular weight excluding hydrogens is 505 g/mol. The maximum absolute atomic E-state index is 13.8. The minimum Gasteiger partial charge on any atom is -0.404 e. The average molecular weight is 537 g/mol. The lowest BCUT2D eigenvalue weighted by molar-refractivity contribution is -0.137. The largest absolute Gasteiger partial charge is 0.416 e. The first-order valence-corrected chi connectivity index (χ1v) is 12.6. The van der Waals surface area contributed by atoms with Gasteiger partial charge in [-0.25, -0.2) is 4.99 Å². The molecule has 3 aromatic carbocycles. The molecule has 1 aliphatic rings. The van der Waals surface area contributed by atoms with E-state index >= 15 is 0 Å². The minimum atomic E-state index is -4.61. The number of hydrogen-bond acceptors (Lipinski definition) is 4. The number of aliphatic imine (C=N–C) groups is 1. The van der Waals surface area contributed by atoms with Crippen LogP contribution < -0.4 is 11.1 Å². The van der Waals surface area contributed by atoms with Crippen LogP contribution in [0.1, 0.15) is 48.2 Å². The summed E-state index contributed by atoms with van der Waals surface area (Å²) in [7, 11) is 0. The molecule has 0 spiro atoms. The molecule has 4 rings (SSSR count). The topological polar surface area (TPSA) is 87.8 Å². The number of likely N-dealkylation sites (tertiary alicyclic amines) is 1. The first-order chi connectivity index (χ1) is 18.7. The zero-order chi connectivity index (χ0) is 28.6. The molecule has 2 unspecified atom stereocenters. The summed E-state index contributed by atoms with van der Waals surface area (Å²) < 4.78 is 39.7. The summed E-state index contributed by atoms with van der Waals surface area (Å²) in [6.45, 7) is 6.00. The van der Waals surface area contributed by atoms with Crippen molar-refractivity contribution in [2.75, 3.05) is 6.54 Å². The normalized spacial score (nSPS) is 19.4. The molecule has 3 N–H and O–H groups in total. The molecule has 204 valence electrons. The predicted octanol–water partition coefficient (Wildman–Crippen LogP) is 6.05. The van der Waals surface area contributed by atoms with Crippen molar-refractivity contribution in [2.24, 2.45) is 10.7 Å². The van der Waals surface area contributed by atoms with Crippen molar-refractivity contribution in [3.05, 3.63) is 113 Å². The molecule has 0 bridgehead atoms. The van der Waals surface area contributed by atoms with E-state index in [2.05, 4.69) is 5.32 Å². The van der Waals surface area contributed by atoms with Gasteiger partial charge in [0.05, 0.1) is 11.3 Å². The molecule has 39 heavy (non-hydrogen) atoms. The molecule has 2 amide bonds. The van der Waals surface area contributed by atoms with Crippen molar-refractivity contribution in [3.63, 3.8) is 0 Å². The first kappa shape index (κ1) is 29.2. The first-order valence-electron chi connectivity index (χ1n) is 12.6. The Morgan fingerprint density at radius 1 is 1.00 bits per heavy atom. The van der Waals surface area contributed by atoms with Crippen LogP contribution in [0.4, 0.5) is 18.9 Å². The fourth-order valence-corrected chi connectivity index (χ4v) is 4.36. The lowest BCUT2D eigenvalue weighted by Gasteiger charge is -2.40. The second kappa shape index (κ2) is 12.9. The Morgan fingerprint density at radius 2 is 1.62 bits per heavy atom. The number of carbonyl (C=O) groups excluding carboxylic acids is 2. The van der Waals surface area contributed by atoms with E-state index in [1.165, 1.54) is 17.2 Å². The van der Waals surface area contributed by atoms with E-state index < -0.39 is 35.5 Å². The molecule has 3 aromatic rings. The third-order valence-electron chi connectivity index (χ3n) is 6.10. The molecule has 9 heteroatoms. The van der Waals surface area contributed by atoms with E-state index in [1.54, 1.807) is 43.3 Å². The van der Waals surface area contributed by atoms with E-state index in [4.69, 9.17) is 10.7 Å². The van der Waals surface area contributed by atoms with Crippen LogP contribution in [0, 0.1) is 0 Å². The van der Waals surface area contributed by atoms with Crippen LogP contribution in [0.3, 0.4) is 0 Å². The molecular formula is C30H31F3N4O2. The number of hydrogen-bond donors (Lipinski definition) is 2. The number of nitrogens with one attached hydrogen (secondary N) is 1. The molecule has 0 saturated carbocycles. The van der Waals surface area contributed by atoms with Crippen LogP contribution in [0.15, 0.2) is 102 Å². The number of carbonyl (C=O) groups is 2. The number of para-hydroxylation sites is 1. The Kier molecular flexibility index (Phi) is 9.65. The SMILES string of the molecule is CC.CCN1C(=O)C(NC(=O)c2cccc(C(F)(F)F)c2)C(c2ccccc2)/C(=C/N)C1=Nc1ccccc1. The van der Waals surface area contributed by atoms with Crippen molar-refractivity contribution in [1.29, 1.82) is 0 Å². The number of nitrogens with zero attached hydrogens (tertiary/aromatic N) is 2. The highest BCUT2D eigenvalue weighted by atomic mass is 19.4. The van der Waals surface area contributed by atoms with Gasteiger partial charge in [0, 0.05) is 29.8 Å². The molecule has 6 nitrogen and oxygen atoms in total. The van der Waals surface area contributed by atoms with Gasteiger partial charge in [-0.3, -0.25) is 14.5 Å². The zero-order valence-corrected chi connectivity index (χ0v) is 21.9. The number of benzene rings is 3. The molecule has 1 fully saturated rings. The van der Waals surface area contributed by atoms with Gasteiger partial charge in [-0.15, -0.1) is 0 Å². The van der Waals surface area contributed by atoms with Crippen LogP contribution in [0.5, 0.6) is 0 Å². The molecule has 1 saturated heterocycles. The van der Waals surface area contributed by atoms with Crippen LogP contribution in [-0.4, -0.2) is 35.1 Å². The van der Waals surface area contributed by atoms with Gasteiger partial charge in [-0.2, -0.15) is 13.2 Å². The second-order valence-electron chi connectivity index (χ2n) is 8.39. The Bertz CT molecular complexity index is 1340. The summed E-state index contributed by atoms with van der Waals surface area (Å²) in [5, 5.41) is 2.68. The van der Waals surface area contributed by atoms with Crippen molar-refractivity contribution in [2.45, 2.75) is 38.9 Å². The number of halogens is 3. The predicted molar refractivity (Wildman–Crippen MR) is 146 cm³/mol. The van der Waals surface area contributed by atoms with Crippen molar-refractivity contribution in [3.8, 4) is 0 Å². The number of nitrogens with two attached hydrogens (primary N) is 1. The minimum absolute atomic E-state index is 0.209. The van der Waals surface area contributed by atoms with Crippen molar-refractivity contribution >= 4 is 23.3 Å². The lowest BCUT2D eigenvalue weighted by atomic mass is 9.80. The highest BCUT2D eigenvalue weighted by Crippen LogP contribution is 2.36. The molecule has 1 heterocycles. The standard InChI is InChI=1S/C28H25F3N4O2.C2H6/c1-2-35-25(33-21-14-7-4-8-15-21)22(17-32)23(18-10-5-3-6-11-18)24(27(35)37)34-26(36)19-12-9-13-20(16-19)28(29,30)31;1-2/h3-17,23-24H,2,32H2,1H3,(H,34,36);1-2H3/b22-17-,33-25?;. The molecule has 0 aromatic heterocycles. The highest BCUT2D eigenvalue weighted by molar-refractivity contribution is 6.15. The van der Waals surface area contributed by atoms with E-state index in [0.717, 1.165) is 18.2 Å². The second-order valence-corrected chi connectivity index (χ2v) is 8.39. The fraction of sp³-hybridized carbons (Fsp3) is 0.233. The fourth-order valence-electron chi connectivity index (χ4n) is 4.36. The van der Waals surface area contributed by atoms with Crippen molar-refractivity contribution < 1.29 is 22.8 Å². The third-order valence-corrected chi connectivity index (χ3v) is 6.10. The van der Waals surface area contributed by atoms with E-state index in [-0.39, 0.29) is 12.1 Å². The van der Waals surface area contributed by atoms with Crippen LogP contribution in [0.25, 0.3) is 0 Å². The average Bonchev–Trinajstić information content (AvgIpc) is 2.96. The molecule has 1 aliphatic heterocycles. The van der Waals surface area contributed by atoms with Gasteiger partial charge in [0.15, 0.2) is 0 Å². The van der Waals surface area contributed by atoms with E-state index in [9.17, 15) is 22.8 Å². The monoisotopic (exact) mass is 536 g/mol.